The molecule has 0 saturated carbocycles. The van der Waals surface area contributed by atoms with Gasteiger partial charge in [-0.15, -0.1) is 0 Å². The van der Waals surface area contributed by atoms with E-state index in [9.17, 15) is 9.59 Å². The Morgan fingerprint density at radius 3 is 2.58 bits per heavy atom. The molecule has 0 aliphatic heterocycles. The number of hydrogen-bond acceptors (Lipinski definition) is 4. The highest BCUT2D eigenvalue weighted by molar-refractivity contribution is 5.99. The Kier molecular flexibility index (Phi) is 5.32. The van der Waals surface area contributed by atoms with Crippen molar-refractivity contribution in [1.82, 2.24) is 0 Å². The molecule has 0 aliphatic carbocycles. The molecular weight excluding hydrogens is 248 g/mol. The molecule has 0 saturated heterocycles. The highest BCUT2D eigenvalue weighted by atomic mass is 16.5. The van der Waals surface area contributed by atoms with Crippen molar-refractivity contribution in [2.24, 2.45) is 0 Å². The molecular formula is C13H18N2O4. The van der Waals surface area contributed by atoms with Crippen LogP contribution < -0.4 is 10.6 Å². The van der Waals surface area contributed by atoms with E-state index >= 15 is 0 Å². The molecule has 0 aromatic heterocycles. The number of amides is 1. The maximum Gasteiger partial charge on any atom is 0.305 e. The van der Waals surface area contributed by atoms with Gasteiger partial charge in [-0.3, -0.25) is 9.59 Å². The highest BCUT2D eigenvalue weighted by Gasteiger charge is 2.23. The SMILES string of the molecule is COC(C)C(=O)N(CCC(=O)O)c1ccccc1N. The van der Waals surface area contributed by atoms with Gasteiger partial charge in [-0.2, -0.15) is 0 Å². The van der Waals surface area contributed by atoms with Gasteiger partial charge in [-0.25, -0.2) is 0 Å². The number of rotatable bonds is 6. The smallest absolute Gasteiger partial charge is 0.305 e. The largest absolute Gasteiger partial charge is 0.481 e. The van der Waals surface area contributed by atoms with Crippen LogP contribution in [0.1, 0.15) is 13.3 Å². The van der Waals surface area contributed by atoms with Gasteiger partial charge in [-0.05, 0) is 19.1 Å². The molecule has 1 atom stereocenters. The van der Waals surface area contributed by atoms with Gasteiger partial charge in [0.05, 0.1) is 17.8 Å². The van der Waals surface area contributed by atoms with E-state index in [4.69, 9.17) is 15.6 Å². The van der Waals surface area contributed by atoms with Crippen LogP contribution in [0.2, 0.25) is 0 Å². The molecule has 104 valence electrons. The first kappa shape index (κ1) is 15.0. The van der Waals surface area contributed by atoms with Crippen LogP contribution in [-0.4, -0.2) is 36.7 Å². The molecule has 0 fully saturated rings. The number of hydrogen-bond donors (Lipinski definition) is 2. The molecule has 1 aromatic carbocycles. The Morgan fingerprint density at radius 1 is 1.42 bits per heavy atom. The van der Waals surface area contributed by atoms with Crippen LogP contribution >= 0.6 is 0 Å². The van der Waals surface area contributed by atoms with Gasteiger partial charge in [0, 0.05) is 13.7 Å². The average molecular weight is 266 g/mol. The van der Waals surface area contributed by atoms with Crippen molar-refractivity contribution in [3.8, 4) is 0 Å². The lowest BCUT2D eigenvalue weighted by Crippen LogP contribution is -2.40. The molecule has 1 amide bonds. The van der Waals surface area contributed by atoms with Gasteiger partial charge in [0.1, 0.15) is 6.10 Å². The Balaban J connectivity index is 3.01. The number of carbonyl (C=O) groups is 2. The summed E-state index contributed by atoms with van der Waals surface area (Å²) in [4.78, 5) is 24.2. The van der Waals surface area contributed by atoms with Crippen LogP contribution in [0.15, 0.2) is 24.3 Å². The number of nitrogens with two attached hydrogens (primary N) is 1. The molecule has 19 heavy (non-hydrogen) atoms. The molecule has 0 heterocycles. The van der Waals surface area contributed by atoms with E-state index in [1.54, 1.807) is 31.2 Å². The topological polar surface area (TPSA) is 92.9 Å². The van der Waals surface area contributed by atoms with Gasteiger partial charge in [0.25, 0.3) is 5.91 Å². The molecule has 1 aromatic rings. The fourth-order valence-electron chi connectivity index (χ4n) is 1.61. The zero-order chi connectivity index (χ0) is 14.4. The van der Waals surface area contributed by atoms with E-state index < -0.39 is 12.1 Å². The summed E-state index contributed by atoms with van der Waals surface area (Å²) in [6.45, 7) is 1.66. The number of carboxylic acid groups (broad SMARTS) is 1. The molecule has 1 unspecified atom stereocenters. The van der Waals surface area contributed by atoms with E-state index in [2.05, 4.69) is 0 Å². The first-order valence-electron chi connectivity index (χ1n) is 5.87. The third kappa shape index (κ3) is 3.96. The van der Waals surface area contributed by atoms with Crippen molar-refractivity contribution in [2.45, 2.75) is 19.4 Å². The summed E-state index contributed by atoms with van der Waals surface area (Å²) < 4.78 is 4.98. The number of ether oxygens (including phenoxy) is 1. The molecule has 3 N–H and O–H groups in total. The second-order valence-corrected chi connectivity index (χ2v) is 4.07. The second-order valence-electron chi connectivity index (χ2n) is 4.07. The van der Waals surface area contributed by atoms with Crippen molar-refractivity contribution in [2.75, 3.05) is 24.3 Å². The van der Waals surface area contributed by atoms with E-state index in [0.29, 0.717) is 11.4 Å². The lowest BCUT2D eigenvalue weighted by Gasteiger charge is -2.26. The number of nitrogen functional groups attached to an aromatic ring is 1. The van der Waals surface area contributed by atoms with Gasteiger partial charge in [-0.1, -0.05) is 12.1 Å². The Morgan fingerprint density at radius 2 is 2.05 bits per heavy atom. The minimum absolute atomic E-state index is 0.0517. The van der Waals surface area contributed by atoms with Crippen LogP contribution in [-0.2, 0) is 14.3 Å². The zero-order valence-corrected chi connectivity index (χ0v) is 11.0. The second kappa shape index (κ2) is 6.75. The van der Waals surface area contributed by atoms with Crippen LogP contribution in [0, 0.1) is 0 Å². The molecule has 6 heteroatoms. The number of benzene rings is 1. The van der Waals surface area contributed by atoms with Crippen LogP contribution in [0.3, 0.4) is 0 Å². The number of carboxylic acids is 1. The summed E-state index contributed by atoms with van der Waals surface area (Å²) in [6.07, 6.45) is -0.815. The predicted molar refractivity (Wildman–Crippen MR) is 71.9 cm³/mol. The highest BCUT2D eigenvalue weighted by Crippen LogP contribution is 2.23. The standard InChI is InChI=1S/C13H18N2O4/c1-9(19-2)13(18)15(8-7-12(16)17)11-6-4-3-5-10(11)14/h3-6,9H,7-8,14H2,1-2H3,(H,16,17). The van der Waals surface area contributed by atoms with E-state index in [1.165, 1.54) is 12.0 Å². The number of methoxy groups -OCH3 is 1. The number of nitrogens with zero attached hydrogens (tertiary/aromatic N) is 1. The summed E-state index contributed by atoms with van der Waals surface area (Å²) in [5.41, 5.74) is 6.74. The third-order valence-corrected chi connectivity index (χ3v) is 2.74. The lowest BCUT2D eigenvalue weighted by molar-refractivity contribution is -0.136. The van der Waals surface area contributed by atoms with Gasteiger partial charge in [0.15, 0.2) is 0 Å². The minimum atomic E-state index is -0.975. The third-order valence-electron chi connectivity index (χ3n) is 2.74. The van der Waals surface area contributed by atoms with E-state index in [-0.39, 0.29) is 18.9 Å². The van der Waals surface area contributed by atoms with Crippen molar-refractivity contribution >= 4 is 23.3 Å². The summed E-state index contributed by atoms with van der Waals surface area (Å²) in [5, 5.41) is 8.76. The predicted octanol–water partition coefficient (Wildman–Crippen LogP) is 1.11. The van der Waals surface area contributed by atoms with Crippen molar-refractivity contribution in [3.05, 3.63) is 24.3 Å². The molecule has 0 radical (unpaired) electrons. The fourth-order valence-corrected chi connectivity index (χ4v) is 1.61. The van der Waals surface area contributed by atoms with Crippen LogP contribution in [0.25, 0.3) is 0 Å². The normalized spacial score (nSPS) is 11.9. The molecule has 1 rings (SSSR count). The number of aliphatic carboxylic acids is 1. The average Bonchev–Trinajstić information content (AvgIpc) is 2.39. The minimum Gasteiger partial charge on any atom is -0.481 e. The van der Waals surface area contributed by atoms with Crippen molar-refractivity contribution < 1.29 is 19.4 Å². The molecule has 6 nitrogen and oxygen atoms in total. The molecule has 0 spiro atoms. The first-order valence-corrected chi connectivity index (χ1v) is 5.87. The van der Waals surface area contributed by atoms with Crippen LogP contribution in [0.4, 0.5) is 11.4 Å². The maximum absolute atomic E-state index is 12.2. The maximum atomic E-state index is 12.2. The molecule has 0 aliphatic rings. The fraction of sp³-hybridized carbons (Fsp3) is 0.385. The van der Waals surface area contributed by atoms with E-state index in [0.717, 1.165) is 0 Å². The number of anilines is 2. The molecule has 0 bridgehead atoms. The first-order chi connectivity index (χ1) is 8.97. The summed E-state index contributed by atoms with van der Waals surface area (Å²) in [7, 11) is 1.42. The van der Waals surface area contributed by atoms with Gasteiger partial charge in [0.2, 0.25) is 0 Å². The van der Waals surface area contributed by atoms with Crippen molar-refractivity contribution in [3.63, 3.8) is 0 Å². The Bertz CT molecular complexity index is 462. The van der Waals surface area contributed by atoms with Crippen molar-refractivity contribution in [1.29, 1.82) is 0 Å². The lowest BCUT2D eigenvalue weighted by atomic mass is 10.2. The number of carbonyl (C=O) groups excluding carboxylic acids is 1. The van der Waals surface area contributed by atoms with Gasteiger partial charge >= 0.3 is 5.97 Å². The monoisotopic (exact) mass is 266 g/mol. The van der Waals surface area contributed by atoms with E-state index in [1.807, 2.05) is 0 Å². The Hall–Kier alpha value is -2.08. The zero-order valence-electron chi connectivity index (χ0n) is 11.0. The van der Waals surface area contributed by atoms with Gasteiger partial charge < -0.3 is 20.5 Å². The Labute approximate surface area is 111 Å². The summed E-state index contributed by atoms with van der Waals surface area (Å²) in [5.74, 6) is -1.29. The summed E-state index contributed by atoms with van der Waals surface area (Å²) in [6, 6.07) is 6.83. The number of para-hydroxylation sites is 2. The van der Waals surface area contributed by atoms with Crippen LogP contribution in [0.5, 0.6) is 0 Å². The quantitative estimate of drug-likeness (QED) is 0.752. The summed E-state index contributed by atoms with van der Waals surface area (Å²) >= 11 is 0.